The summed E-state index contributed by atoms with van der Waals surface area (Å²) < 4.78 is 0. The molecule has 3 aromatic rings. The molecule has 0 radical (unpaired) electrons. The minimum Gasteiger partial charge on any atom is -0.392 e. The largest absolute Gasteiger partial charge is 0.392 e. The van der Waals surface area contributed by atoms with Crippen molar-refractivity contribution in [2.24, 2.45) is 5.92 Å². The second-order valence-electron chi connectivity index (χ2n) is 13.6. The molecule has 4 N–H and O–H groups in total. The third-order valence-corrected chi connectivity index (χ3v) is 8.70. The number of pyridine rings is 1. The zero-order valence-electron chi connectivity index (χ0n) is 26.6. The quantitative estimate of drug-likeness (QED) is 0.263. The van der Waals surface area contributed by atoms with Crippen molar-refractivity contribution in [2.45, 2.75) is 76.4 Å². The number of carbonyl (C=O) groups is 2. The number of hydrogen-bond donors (Lipinski definition) is 4. The van der Waals surface area contributed by atoms with Crippen LogP contribution < -0.4 is 10.6 Å². The van der Waals surface area contributed by atoms with E-state index in [1.807, 2.05) is 93.7 Å². The Labute approximate surface area is 266 Å². The highest BCUT2D eigenvalue weighted by Crippen LogP contribution is 2.32. The molecule has 240 valence electrons. The Kier molecular flexibility index (Phi) is 10.7. The molecule has 0 saturated carbocycles. The second kappa shape index (κ2) is 14.6. The number of piperazine rings is 1. The fourth-order valence-corrected chi connectivity index (χ4v) is 6.56. The van der Waals surface area contributed by atoms with Gasteiger partial charge in [0.25, 0.3) is 0 Å². The van der Waals surface area contributed by atoms with Crippen molar-refractivity contribution < 1.29 is 19.8 Å². The minimum atomic E-state index is -0.833. The fourth-order valence-electron chi connectivity index (χ4n) is 6.56. The minimum absolute atomic E-state index is 0.0712. The lowest BCUT2D eigenvalue weighted by Crippen LogP contribution is -2.61. The lowest BCUT2D eigenvalue weighted by Gasteiger charge is -2.42. The molecule has 1 aromatic heterocycles. The number of amides is 2. The van der Waals surface area contributed by atoms with E-state index >= 15 is 0 Å². The van der Waals surface area contributed by atoms with E-state index in [1.54, 1.807) is 6.20 Å². The number of aliphatic hydroxyl groups excluding tert-OH is 2. The van der Waals surface area contributed by atoms with Crippen LogP contribution in [0, 0.1) is 5.92 Å². The molecule has 2 heterocycles. The summed E-state index contributed by atoms with van der Waals surface area (Å²) in [5.41, 5.74) is 3.68. The number of benzene rings is 2. The van der Waals surface area contributed by atoms with Crippen LogP contribution in [-0.2, 0) is 29.0 Å². The van der Waals surface area contributed by atoms with Crippen molar-refractivity contribution >= 4 is 11.8 Å². The van der Waals surface area contributed by atoms with E-state index < -0.39 is 35.7 Å². The van der Waals surface area contributed by atoms with Crippen LogP contribution in [0.25, 0.3) is 0 Å². The standard InChI is InChI=1S/C36H47N5O4/c1-36(2,3)39-35(45)31-24-40(22-26-12-9-15-37-21-26)16-17-41(31)23-29(42)19-28(18-25-10-5-4-6-11-25)34(44)38-33-30-14-8-7-13-27(30)20-32(33)43/h4-15,21,28-29,31-33,42-43H,16-20,22-24H2,1-3H3,(H,38,44)(H,39,45)/t28-,29+,31+,32-,33-/m1/s1. The Bertz CT molecular complexity index is 1410. The van der Waals surface area contributed by atoms with Gasteiger partial charge in [-0.1, -0.05) is 60.7 Å². The Morgan fingerprint density at radius 3 is 2.47 bits per heavy atom. The molecule has 5 rings (SSSR count). The summed E-state index contributed by atoms with van der Waals surface area (Å²) in [4.78, 5) is 35.9. The van der Waals surface area contributed by atoms with Crippen molar-refractivity contribution in [2.75, 3.05) is 26.2 Å². The second-order valence-corrected chi connectivity index (χ2v) is 13.6. The summed E-state index contributed by atoms with van der Waals surface area (Å²) in [5, 5.41) is 28.5. The normalized spacial score (nSPS) is 21.9. The smallest absolute Gasteiger partial charge is 0.239 e. The van der Waals surface area contributed by atoms with Gasteiger partial charge in [0.05, 0.1) is 18.2 Å². The van der Waals surface area contributed by atoms with Crippen LogP contribution in [0.4, 0.5) is 0 Å². The lowest BCUT2D eigenvalue weighted by atomic mass is 9.91. The first-order chi connectivity index (χ1) is 21.6. The average Bonchev–Trinajstić information content (AvgIpc) is 3.32. The highest BCUT2D eigenvalue weighted by atomic mass is 16.3. The molecule has 0 spiro atoms. The molecule has 2 aromatic carbocycles. The van der Waals surface area contributed by atoms with E-state index in [2.05, 4.69) is 25.4 Å². The maximum atomic E-state index is 13.8. The van der Waals surface area contributed by atoms with Gasteiger partial charge in [-0.25, -0.2) is 0 Å². The number of nitrogens with zero attached hydrogens (tertiary/aromatic N) is 3. The Hall–Kier alpha value is -3.63. The van der Waals surface area contributed by atoms with Crippen molar-refractivity contribution in [3.8, 4) is 0 Å². The predicted molar refractivity (Wildman–Crippen MR) is 174 cm³/mol. The van der Waals surface area contributed by atoms with Gasteiger partial charge in [0, 0.05) is 63.0 Å². The Morgan fingerprint density at radius 1 is 1.00 bits per heavy atom. The van der Waals surface area contributed by atoms with Gasteiger partial charge in [0.1, 0.15) is 6.04 Å². The predicted octanol–water partition coefficient (Wildman–Crippen LogP) is 2.87. The van der Waals surface area contributed by atoms with E-state index in [-0.39, 0.29) is 24.8 Å². The van der Waals surface area contributed by atoms with Crippen LogP contribution in [-0.4, -0.2) is 86.8 Å². The first-order valence-electron chi connectivity index (χ1n) is 16.0. The van der Waals surface area contributed by atoms with E-state index in [1.165, 1.54) is 0 Å². The summed E-state index contributed by atoms with van der Waals surface area (Å²) in [6.45, 7) is 8.74. The van der Waals surface area contributed by atoms with Crippen molar-refractivity contribution in [3.63, 3.8) is 0 Å². The van der Waals surface area contributed by atoms with Crippen molar-refractivity contribution in [1.29, 1.82) is 0 Å². The molecular formula is C36H47N5O4. The van der Waals surface area contributed by atoms with Gasteiger partial charge in [-0.3, -0.25) is 24.4 Å². The highest BCUT2D eigenvalue weighted by molar-refractivity contribution is 5.83. The van der Waals surface area contributed by atoms with Gasteiger partial charge in [-0.2, -0.15) is 0 Å². The summed E-state index contributed by atoms with van der Waals surface area (Å²) in [6.07, 6.45) is 3.26. The van der Waals surface area contributed by atoms with E-state index in [9.17, 15) is 19.8 Å². The van der Waals surface area contributed by atoms with Gasteiger partial charge >= 0.3 is 0 Å². The van der Waals surface area contributed by atoms with Gasteiger partial charge in [0.2, 0.25) is 11.8 Å². The van der Waals surface area contributed by atoms with Crippen LogP contribution in [0.2, 0.25) is 0 Å². The maximum absolute atomic E-state index is 13.8. The van der Waals surface area contributed by atoms with Crippen molar-refractivity contribution in [1.82, 2.24) is 25.4 Å². The molecule has 1 aliphatic heterocycles. The molecule has 9 heteroatoms. The van der Waals surface area contributed by atoms with Gasteiger partial charge in [-0.15, -0.1) is 0 Å². The van der Waals surface area contributed by atoms with Gasteiger partial charge < -0.3 is 20.8 Å². The van der Waals surface area contributed by atoms with E-state index in [0.29, 0.717) is 32.5 Å². The summed E-state index contributed by atoms with van der Waals surface area (Å²) in [5.74, 6) is -0.781. The van der Waals surface area contributed by atoms with Crippen LogP contribution >= 0.6 is 0 Å². The summed E-state index contributed by atoms with van der Waals surface area (Å²) in [7, 11) is 0. The summed E-state index contributed by atoms with van der Waals surface area (Å²) >= 11 is 0. The number of rotatable bonds is 11. The monoisotopic (exact) mass is 613 g/mol. The van der Waals surface area contributed by atoms with Crippen LogP contribution in [0.5, 0.6) is 0 Å². The fraction of sp³-hybridized carbons (Fsp3) is 0.472. The molecule has 45 heavy (non-hydrogen) atoms. The first kappa shape index (κ1) is 32.8. The number of β-amino-alcohol motifs (C(OH)–C–C–N with tert-alkyl or cyclic N) is 1. The van der Waals surface area contributed by atoms with E-state index in [4.69, 9.17) is 0 Å². The molecule has 1 fully saturated rings. The number of fused-ring (bicyclic) bond motifs is 1. The van der Waals surface area contributed by atoms with Crippen molar-refractivity contribution in [3.05, 3.63) is 101 Å². The van der Waals surface area contributed by atoms with Crippen LogP contribution in [0.1, 0.15) is 55.5 Å². The molecule has 0 bridgehead atoms. The molecule has 5 atom stereocenters. The molecule has 1 saturated heterocycles. The SMILES string of the molecule is CC(C)(C)NC(=O)[C@@H]1CN(Cc2cccnc2)CCN1C[C@@H](O)C[C@@H](Cc1ccccc1)C(=O)N[C@@H]1c2ccccc2C[C@H]1O. The number of aliphatic hydroxyl groups is 2. The lowest BCUT2D eigenvalue weighted by molar-refractivity contribution is -0.132. The molecular weight excluding hydrogens is 566 g/mol. The Balaban J connectivity index is 1.29. The van der Waals surface area contributed by atoms with Crippen LogP contribution in [0.3, 0.4) is 0 Å². The Morgan fingerprint density at radius 2 is 1.73 bits per heavy atom. The van der Waals surface area contributed by atoms with Gasteiger partial charge in [0.15, 0.2) is 0 Å². The summed E-state index contributed by atoms with van der Waals surface area (Å²) in [6, 6.07) is 20.6. The number of hydrogen-bond acceptors (Lipinski definition) is 7. The molecule has 0 unspecified atom stereocenters. The highest BCUT2D eigenvalue weighted by Gasteiger charge is 2.37. The van der Waals surface area contributed by atoms with Crippen LogP contribution in [0.15, 0.2) is 79.1 Å². The molecule has 2 aliphatic rings. The molecule has 2 amide bonds. The third-order valence-electron chi connectivity index (χ3n) is 8.70. The topological polar surface area (TPSA) is 118 Å². The van der Waals surface area contributed by atoms with E-state index in [0.717, 1.165) is 28.8 Å². The molecule has 9 nitrogen and oxygen atoms in total. The third kappa shape index (κ3) is 8.98. The number of nitrogens with one attached hydrogen (secondary N) is 2. The zero-order chi connectivity index (χ0) is 32.0. The first-order valence-corrected chi connectivity index (χ1v) is 16.0. The molecule has 1 aliphatic carbocycles. The van der Waals surface area contributed by atoms with Gasteiger partial charge in [-0.05, 0) is 61.9 Å². The maximum Gasteiger partial charge on any atom is 0.239 e. The number of carbonyl (C=O) groups excluding carboxylic acids is 2. The number of aromatic nitrogens is 1. The average molecular weight is 614 g/mol. The zero-order valence-corrected chi connectivity index (χ0v) is 26.6.